The molecule has 0 saturated carbocycles. The Kier molecular flexibility index (Phi) is 6.29. The maximum Gasteiger partial charge on any atom is 0.262 e. The van der Waals surface area contributed by atoms with E-state index in [4.69, 9.17) is 0 Å². The van der Waals surface area contributed by atoms with E-state index in [1.54, 1.807) is 0 Å². The van der Waals surface area contributed by atoms with Crippen molar-refractivity contribution in [1.29, 1.82) is 0 Å². The minimum atomic E-state index is -0.161. The summed E-state index contributed by atoms with van der Waals surface area (Å²) >= 11 is 1.51. The van der Waals surface area contributed by atoms with E-state index >= 15 is 0 Å². The monoisotopic (exact) mass is 397 g/mol. The molecule has 1 aromatic carbocycles. The summed E-state index contributed by atoms with van der Waals surface area (Å²) in [6.07, 6.45) is 3.47. The van der Waals surface area contributed by atoms with Gasteiger partial charge in [0.25, 0.3) is 5.56 Å². The number of fused-ring (bicyclic) bond motifs is 1. The van der Waals surface area contributed by atoms with E-state index < -0.39 is 0 Å². The van der Waals surface area contributed by atoms with Crippen LogP contribution < -0.4 is 10.9 Å². The van der Waals surface area contributed by atoms with Crippen molar-refractivity contribution in [3.05, 3.63) is 52.6 Å². The molecule has 1 unspecified atom stereocenters. The third-order valence-electron chi connectivity index (χ3n) is 4.85. The Balaban J connectivity index is 1.82. The molecule has 5 nitrogen and oxygen atoms in total. The highest BCUT2D eigenvalue weighted by molar-refractivity contribution is 7.22. The van der Waals surface area contributed by atoms with Gasteiger partial charge in [-0.25, -0.2) is 4.98 Å². The first kappa shape index (κ1) is 20.3. The number of thiophene rings is 1. The molecule has 3 rings (SSSR count). The molecule has 0 aliphatic carbocycles. The maximum absolute atomic E-state index is 13.0. The molecule has 28 heavy (non-hydrogen) atoms. The van der Waals surface area contributed by atoms with E-state index in [1.165, 1.54) is 22.2 Å². The van der Waals surface area contributed by atoms with Crippen LogP contribution in [0, 0.1) is 12.8 Å². The second-order valence-electron chi connectivity index (χ2n) is 7.72. The molecular formula is C22H27N3O2S. The lowest BCUT2D eigenvalue weighted by Gasteiger charge is -2.15. The highest BCUT2D eigenvalue weighted by Crippen LogP contribution is 2.35. The van der Waals surface area contributed by atoms with Crippen LogP contribution in [0.2, 0.25) is 0 Å². The van der Waals surface area contributed by atoms with Crippen LogP contribution in [0.3, 0.4) is 0 Å². The van der Waals surface area contributed by atoms with Crippen molar-refractivity contribution < 1.29 is 4.79 Å². The Bertz CT molecular complexity index is 1020. The third kappa shape index (κ3) is 4.50. The van der Waals surface area contributed by atoms with Crippen LogP contribution in [-0.4, -0.2) is 21.5 Å². The molecule has 2 aromatic heterocycles. The lowest BCUT2D eigenvalue weighted by molar-refractivity contribution is -0.122. The van der Waals surface area contributed by atoms with E-state index in [0.29, 0.717) is 16.1 Å². The van der Waals surface area contributed by atoms with Gasteiger partial charge in [-0.15, -0.1) is 11.3 Å². The van der Waals surface area contributed by atoms with Gasteiger partial charge in [0, 0.05) is 10.9 Å². The smallest absolute Gasteiger partial charge is 0.262 e. The molecule has 2 heterocycles. The van der Waals surface area contributed by atoms with Crippen LogP contribution in [0.1, 0.15) is 39.2 Å². The number of benzene rings is 1. The van der Waals surface area contributed by atoms with Crippen LogP contribution in [0.5, 0.6) is 0 Å². The molecule has 0 radical (unpaired) electrons. The Hall–Kier alpha value is -2.47. The van der Waals surface area contributed by atoms with Gasteiger partial charge in [0.2, 0.25) is 5.91 Å². The van der Waals surface area contributed by atoms with E-state index in [9.17, 15) is 9.59 Å². The van der Waals surface area contributed by atoms with Crippen LogP contribution in [0.25, 0.3) is 20.7 Å². The molecule has 148 valence electrons. The van der Waals surface area contributed by atoms with Gasteiger partial charge in [-0.3, -0.25) is 14.2 Å². The number of carbonyl (C=O) groups is 1. The normalized spacial score (nSPS) is 12.5. The fraction of sp³-hybridized carbons (Fsp3) is 0.409. The van der Waals surface area contributed by atoms with Gasteiger partial charge in [-0.05, 0) is 43.7 Å². The summed E-state index contributed by atoms with van der Waals surface area (Å²) in [5.41, 5.74) is 1.83. The number of aromatic nitrogens is 2. The molecule has 1 atom stereocenters. The van der Waals surface area contributed by atoms with E-state index in [2.05, 4.69) is 24.1 Å². The Morgan fingerprint density at radius 1 is 1.18 bits per heavy atom. The van der Waals surface area contributed by atoms with Crippen molar-refractivity contribution in [2.24, 2.45) is 5.92 Å². The molecule has 0 spiro atoms. The molecular weight excluding hydrogens is 370 g/mol. The largest absolute Gasteiger partial charge is 0.352 e. The topological polar surface area (TPSA) is 64.0 Å². The minimum absolute atomic E-state index is 0.0102. The zero-order valence-corrected chi connectivity index (χ0v) is 17.7. The number of carbonyl (C=O) groups excluding carboxylic acids is 1. The van der Waals surface area contributed by atoms with Crippen molar-refractivity contribution in [2.45, 2.75) is 53.1 Å². The standard InChI is InChI=1S/C22H27N3O2S/c1-14(2)10-11-15(3)24-18(26)12-25-13-23-21-19(22(25)27)16(4)20(28-21)17-8-6-5-7-9-17/h5-9,13-15H,10-12H2,1-4H3,(H,24,26). The highest BCUT2D eigenvalue weighted by atomic mass is 32.1. The summed E-state index contributed by atoms with van der Waals surface area (Å²) in [4.78, 5) is 31.6. The number of nitrogens with one attached hydrogen (secondary N) is 1. The predicted octanol–water partition coefficient (Wildman–Crippen LogP) is 4.37. The summed E-state index contributed by atoms with van der Waals surface area (Å²) in [6, 6.07) is 10.1. The number of hydrogen-bond acceptors (Lipinski definition) is 4. The Morgan fingerprint density at radius 2 is 1.89 bits per heavy atom. The summed E-state index contributed by atoms with van der Waals surface area (Å²) < 4.78 is 1.40. The Labute approximate surface area is 169 Å². The van der Waals surface area contributed by atoms with E-state index in [-0.39, 0.29) is 24.1 Å². The highest BCUT2D eigenvalue weighted by Gasteiger charge is 2.17. The SMILES string of the molecule is Cc1c(-c2ccccc2)sc2ncn(CC(=O)NC(C)CCC(C)C)c(=O)c12. The van der Waals surface area contributed by atoms with Crippen molar-refractivity contribution >= 4 is 27.5 Å². The first-order chi connectivity index (χ1) is 13.4. The summed E-state index contributed by atoms with van der Waals surface area (Å²) in [5.74, 6) is 0.449. The quantitative estimate of drug-likeness (QED) is 0.644. The van der Waals surface area contributed by atoms with Gasteiger partial charge in [0.05, 0.1) is 11.7 Å². The second kappa shape index (κ2) is 8.69. The van der Waals surface area contributed by atoms with E-state index in [1.807, 2.05) is 44.2 Å². The second-order valence-corrected chi connectivity index (χ2v) is 8.72. The van der Waals surface area contributed by atoms with Crippen molar-refractivity contribution in [3.63, 3.8) is 0 Å². The summed E-state index contributed by atoms with van der Waals surface area (Å²) in [6.45, 7) is 8.27. The summed E-state index contributed by atoms with van der Waals surface area (Å²) in [5, 5.41) is 3.58. The molecule has 1 amide bonds. The first-order valence-electron chi connectivity index (χ1n) is 9.70. The predicted molar refractivity (Wildman–Crippen MR) is 116 cm³/mol. The van der Waals surface area contributed by atoms with E-state index in [0.717, 1.165) is 28.8 Å². The first-order valence-corrected chi connectivity index (χ1v) is 10.5. The van der Waals surface area contributed by atoms with Crippen LogP contribution in [0.15, 0.2) is 41.5 Å². The number of aryl methyl sites for hydroxylation is 1. The van der Waals surface area contributed by atoms with Gasteiger partial charge in [-0.2, -0.15) is 0 Å². The van der Waals surface area contributed by atoms with Crippen molar-refractivity contribution in [3.8, 4) is 10.4 Å². The van der Waals surface area contributed by atoms with Crippen molar-refractivity contribution in [2.75, 3.05) is 0 Å². The molecule has 0 saturated heterocycles. The number of rotatable bonds is 7. The number of amides is 1. The lowest BCUT2D eigenvalue weighted by Crippen LogP contribution is -2.37. The van der Waals surface area contributed by atoms with Crippen molar-refractivity contribution in [1.82, 2.24) is 14.9 Å². The molecule has 1 N–H and O–H groups in total. The zero-order chi connectivity index (χ0) is 20.3. The average Bonchev–Trinajstić information content (AvgIpc) is 3.00. The average molecular weight is 398 g/mol. The number of nitrogens with zero attached hydrogens (tertiary/aromatic N) is 2. The molecule has 3 aromatic rings. The zero-order valence-electron chi connectivity index (χ0n) is 16.9. The van der Waals surface area contributed by atoms with Gasteiger partial charge >= 0.3 is 0 Å². The fourth-order valence-corrected chi connectivity index (χ4v) is 4.41. The van der Waals surface area contributed by atoms with Crippen LogP contribution in [-0.2, 0) is 11.3 Å². The Morgan fingerprint density at radius 3 is 2.57 bits per heavy atom. The third-order valence-corrected chi connectivity index (χ3v) is 6.10. The van der Waals surface area contributed by atoms with Crippen LogP contribution >= 0.6 is 11.3 Å². The summed E-state index contributed by atoms with van der Waals surface area (Å²) in [7, 11) is 0. The molecule has 0 bridgehead atoms. The molecule has 0 aliphatic heterocycles. The maximum atomic E-state index is 13.0. The minimum Gasteiger partial charge on any atom is -0.352 e. The van der Waals surface area contributed by atoms with Gasteiger partial charge in [-0.1, -0.05) is 44.2 Å². The molecule has 0 fully saturated rings. The fourth-order valence-electron chi connectivity index (χ4n) is 3.27. The number of hydrogen-bond donors (Lipinski definition) is 1. The van der Waals surface area contributed by atoms with Crippen LogP contribution in [0.4, 0.5) is 0 Å². The van der Waals surface area contributed by atoms with Gasteiger partial charge < -0.3 is 5.32 Å². The van der Waals surface area contributed by atoms with Gasteiger partial charge in [0.15, 0.2) is 0 Å². The van der Waals surface area contributed by atoms with Gasteiger partial charge in [0.1, 0.15) is 11.4 Å². The lowest BCUT2D eigenvalue weighted by atomic mass is 10.0. The molecule has 6 heteroatoms. The molecule has 0 aliphatic rings.